The van der Waals surface area contributed by atoms with E-state index < -0.39 is 0 Å². The number of pyridine rings is 2. The predicted molar refractivity (Wildman–Crippen MR) is 117 cm³/mol. The minimum atomic E-state index is 0.177. The predicted octanol–water partition coefficient (Wildman–Crippen LogP) is 4.36. The van der Waals surface area contributed by atoms with E-state index in [1.165, 1.54) is 21.8 Å². The number of hydrogen-bond acceptors (Lipinski definition) is 5. The number of hydrogen-bond donors (Lipinski definition) is 0. The Morgan fingerprint density at radius 3 is 2.60 bits per heavy atom. The molecule has 1 aliphatic rings. The third kappa shape index (κ3) is 3.53. The summed E-state index contributed by atoms with van der Waals surface area (Å²) in [6.07, 6.45) is 7.90. The normalized spacial score (nSPS) is 18.6. The first kappa shape index (κ1) is 19.0. The van der Waals surface area contributed by atoms with Gasteiger partial charge in [-0.05, 0) is 23.8 Å². The fourth-order valence-corrected chi connectivity index (χ4v) is 4.07. The Kier molecular flexibility index (Phi) is 5.11. The van der Waals surface area contributed by atoms with E-state index in [0.717, 1.165) is 24.0 Å². The van der Waals surface area contributed by atoms with E-state index in [1.54, 1.807) is 7.11 Å². The monoisotopic (exact) mass is 403 g/mol. The molecule has 0 aliphatic heterocycles. The smallest absolute Gasteiger partial charge is 0.213 e. The molecule has 1 fully saturated rings. The maximum absolute atomic E-state index is 5.97. The summed E-state index contributed by atoms with van der Waals surface area (Å²) in [4.78, 5) is 8.80. The highest BCUT2D eigenvalue weighted by Crippen LogP contribution is 2.32. The molecule has 0 saturated heterocycles. The van der Waals surface area contributed by atoms with Crippen LogP contribution in [0, 0.1) is 0 Å². The summed E-state index contributed by atoms with van der Waals surface area (Å²) in [5, 5.41) is 2.39. The van der Waals surface area contributed by atoms with Crippen LogP contribution in [0.5, 0.6) is 5.88 Å². The summed E-state index contributed by atoms with van der Waals surface area (Å²) in [7, 11) is 3.78. The summed E-state index contributed by atoms with van der Waals surface area (Å²) in [5.41, 5.74) is 4.58. The van der Waals surface area contributed by atoms with Crippen molar-refractivity contribution in [1.29, 1.82) is 0 Å². The van der Waals surface area contributed by atoms with Gasteiger partial charge in [0, 0.05) is 73.5 Å². The van der Waals surface area contributed by atoms with Crippen molar-refractivity contribution in [3.8, 4) is 17.0 Å². The number of nitrogens with zero attached hydrogens (tertiary/aromatic N) is 3. The average molecular weight is 403 g/mol. The van der Waals surface area contributed by atoms with E-state index in [2.05, 4.69) is 51.9 Å². The first-order valence-corrected chi connectivity index (χ1v) is 10.3. The second-order valence-electron chi connectivity index (χ2n) is 7.77. The van der Waals surface area contributed by atoms with Crippen LogP contribution in [0.3, 0.4) is 0 Å². The number of benzene rings is 1. The van der Waals surface area contributed by atoms with Crippen molar-refractivity contribution in [1.82, 2.24) is 14.5 Å². The highest BCUT2D eigenvalue weighted by molar-refractivity contribution is 6.08. The van der Waals surface area contributed by atoms with Crippen LogP contribution in [0.4, 0.5) is 0 Å². The minimum absolute atomic E-state index is 0.177. The Morgan fingerprint density at radius 2 is 1.80 bits per heavy atom. The number of aryl methyl sites for hydroxylation is 1. The molecular weight excluding hydrogens is 378 g/mol. The molecule has 0 radical (unpaired) electrons. The van der Waals surface area contributed by atoms with Crippen LogP contribution in [-0.4, -0.2) is 47.1 Å². The van der Waals surface area contributed by atoms with Crippen LogP contribution in [0.25, 0.3) is 32.9 Å². The lowest BCUT2D eigenvalue weighted by atomic mass is 9.92. The van der Waals surface area contributed by atoms with Crippen molar-refractivity contribution >= 4 is 21.8 Å². The molecule has 0 atom stereocenters. The number of rotatable bonds is 7. The first-order chi connectivity index (χ1) is 14.7. The Bertz CT molecular complexity index is 1160. The zero-order valence-corrected chi connectivity index (χ0v) is 17.2. The Labute approximate surface area is 175 Å². The van der Waals surface area contributed by atoms with E-state index >= 15 is 0 Å². The summed E-state index contributed by atoms with van der Waals surface area (Å²) in [5.74, 6) is 0.663. The molecule has 1 saturated carbocycles. The molecule has 0 unspecified atom stereocenters. The van der Waals surface area contributed by atoms with Gasteiger partial charge in [0.05, 0.1) is 24.8 Å². The molecule has 154 valence electrons. The maximum atomic E-state index is 5.97. The van der Waals surface area contributed by atoms with Gasteiger partial charge in [-0.25, -0.2) is 4.98 Å². The molecule has 0 amide bonds. The summed E-state index contributed by atoms with van der Waals surface area (Å²) >= 11 is 0. The lowest BCUT2D eigenvalue weighted by Gasteiger charge is -2.34. The number of aromatic nitrogens is 3. The van der Waals surface area contributed by atoms with Gasteiger partial charge in [0.15, 0.2) is 0 Å². The number of ether oxygens (including phenoxy) is 3. The summed E-state index contributed by atoms with van der Waals surface area (Å²) in [6.45, 7) is 1.27. The molecule has 0 spiro atoms. The van der Waals surface area contributed by atoms with Crippen LogP contribution in [0.1, 0.15) is 12.8 Å². The zero-order chi connectivity index (χ0) is 20.5. The first-order valence-electron chi connectivity index (χ1n) is 10.3. The molecule has 3 aromatic heterocycles. The second-order valence-corrected chi connectivity index (χ2v) is 7.77. The van der Waals surface area contributed by atoms with Crippen molar-refractivity contribution in [2.24, 2.45) is 7.05 Å². The highest BCUT2D eigenvalue weighted by Gasteiger charge is 2.31. The van der Waals surface area contributed by atoms with Crippen LogP contribution in [-0.2, 0) is 16.5 Å². The maximum Gasteiger partial charge on any atom is 0.213 e. The lowest BCUT2D eigenvalue weighted by molar-refractivity contribution is -0.0730. The van der Waals surface area contributed by atoms with Gasteiger partial charge >= 0.3 is 0 Å². The largest absolute Gasteiger partial charge is 0.474 e. The molecule has 30 heavy (non-hydrogen) atoms. The van der Waals surface area contributed by atoms with Gasteiger partial charge in [-0.2, -0.15) is 0 Å². The summed E-state index contributed by atoms with van der Waals surface area (Å²) < 4.78 is 18.9. The molecule has 6 heteroatoms. The van der Waals surface area contributed by atoms with E-state index in [4.69, 9.17) is 14.2 Å². The van der Waals surface area contributed by atoms with Crippen LogP contribution < -0.4 is 4.74 Å². The van der Waals surface area contributed by atoms with Crippen molar-refractivity contribution in [2.45, 2.75) is 25.0 Å². The average Bonchev–Trinajstić information content (AvgIpc) is 3.04. The topological polar surface area (TPSA) is 58.4 Å². The number of methoxy groups -OCH3 is 1. The highest BCUT2D eigenvalue weighted by atomic mass is 16.5. The van der Waals surface area contributed by atoms with Crippen LogP contribution in [0.15, 0.2) is 55.0 Å². The van der Waals surface area contributed by atoms with Gasteiger partial charge in [0.1, 0.15) is 6.10 Å². The lowest BCUT2D eigenvalue weighted by Crippen LogP contribution is -2.40. The van der Waals surface area contributed by atoms with E-state index in [1.807, 2.05) is 24.7 Å². The van der Waals surface area contributed by atoms with Crippen molar-refractivity contribution in [2.75, 3.05) is 20.3 Å². The molecule has 0 N–H and O–H groups in total. The quantitative estimate of drug-likeness (QED) is 0.429. The molecule has 3 heterocycles. The molecule has 5 rings (SSSR count). The number of fused-ring (bicyclic) bond motifs is 3. The SMILES string of the molecule is COCCOC1CC(Oc2ccc(-c3ccc4c5cnccc5n(C)c4c3)cn2)C1. The molecule has 6 nitrogen and oxygen atoms in total. The molecule has 4 aromatic rings. The van der Waals surface area contributed by atoms with Crippen molar-refractivity contribution in [3.63, 3.8) is 0 Å². The Hall–Kier alpha value is -2.96. The fourth-order valence-electron chi connectivity index (χ4n) is 4.07. The zero-order valence-electron chi connectivity index (χ0n) is 17.2. The van der Waals surface area contributed by atoms with Gasteiger partial charge in [0.25, 0.3) is 0 Å². The van der Waals surface area contributed by atoms with Crippen molar-refractivity contribution < 1.29 is 14.2 Å². The fraction of sp³-hybridized carbons (Fsp3) is 0.333. The van der Waals surface area contributed by atoms with E-state index in [9.17, 15) is 0 Å². The minimum Gasteiger partial charge on any atom is -0.474 e. The van der Waals surface area contributed by atoms with Gasteiger partial charge in [-0.1, -0.05) is 12.1 Å². The molecule has 0 bridgehead atoms. The van der Waals surface area contributed by atoms with E-state index in [0.29, 0.717) is 19.1 Å². The van der Waals surface area contributed by atoms with Gasteiger partial charge in [0.2, 0.25) is 5.88 Å². The third-order valence-corrected chi connectivity index (χ3v) is 5.86. The van der Waals surface area contributed by atoms with Crippen molar-refractivity contribution in [3.05, 3.63) is 55.0 Å². The van der Waals surface area contributed by atoms with Crippen LogP contribution >= 0.6 is 0 Å². The van der Waals surface area contributed by atoms with Crippen LogP contribution in [0.2, 0.25) is 0 Å². The molecule has 1 aliphatic carbocycles. The standard InChI is InChI=1S/C24H25N3O3/c1-27-22-7-8-25-15-21(22)20-5-3-16(11-23(20)27)17-4-6-24(26-14-17)30-19-12-18(13-19)29-10-9-28-2/h3-8,11,14-15,18-19H,9-10,12-13H2,1-2H3. The van der Waals surface area contributed by atoms with Gasteiger partial charge in [-0.15, -0.1) is 0 Å². The van der Waals surface area contributed by atoms with Gasteiger partial charge < -0.3 is 18.8 Å². The van der Waals surface area contributed by atoms with E-state index in [-0.39, 0.29) is 12.2 Å². The third-order valence-electron chi connectivity index (χ3n) is 5.86. The second kappa shape index (κ2) is 8.05. The molecule has 1 aromatic carbocycles. The Morgan fingerprint density at radius 1 is 0.933 bits per heavy atom. The summed E-state index contributed by atoms with van der Waals surface area (Å²) in [6, 6.07) is 12.6. The Balaban J connectivity index is 1.28. The van der Waals surface area contributed by atoms with Gasteiger partial charge in [-0.3, -0.25) is 4.98 Å². The molecular formula is C24H25N3O3.